The molecule has 2 heterocycles. The molecule has 2 aromatic carbocycles. The van der Waals surface area contributed by atoms with Crippen LogP contribution in [0.1, 0.15) is 23.2 Å². The summed E-state index contributed by atoms with van der Waals surface area (Å²) in [5, 5.41) is 3.97. The number of carbonyl (C=O) groups is 1. The van der Waals surface area contributed by atoms with E-state index < -0.39 is 0 Å². The Morgan fingerprint density at radius 3 is 2.58 bits per heavy atom. The fraction of sp³-hybridized carbons (Fsp3) is 0.200. The average molecular weight is 317 g/mol. The number of hydrogen-bond acceptors (Lipinski definition) is 3. The molecule has 0 unspecified atom stereocenters. The number of anilines is 2. The Balaban J connectivity index is 1.50. The van der Waals surface area contributed by atoms with E-state index in [4.69, 9.17) is 0 Å². The van der Waals surface area contributed by atoms with Crippen LogP contribution in [0.25, 0.3) is 10.9 Å². The molecule has 0 bridgehead atoms. The topological polar surface area (TPSA) is 45.2 Å². The van der Waals surface area contributed by atoms with Gasteiger partial charge < -0.3 is 10.2 Å². The number of aromatic nitrogens is 1. The SMILES string of the molecule is O=C(Nc1ccc2ncccc2c1)c1ccc(N2CCCC2)cc1. The average Bonchev–Trinajstić information content (AvgIpc) is 3.16. The second-order valence-corrected chi connectivity index (χ2v) is 6.11. The molecule has 4 nitrogen and oxygen atoms in total. The fourth-order valence-electron chi connectivity index (χ4n) is 3.16. The van der Waals surface area contributed by atoms with E-state index in [1.165, 1.54) is 18.5 Å². The van der Waals surface area contributed by atoms with E-state index in [-0.39, 0.29) is 5.91 Å². The van der Waals surface area contributed by atoms with Gasteiger partial charge in [-0.05, 0) is 61.4 Å². The van der Waals surface area contributed by atoms with Crippen LogP contribution in [0.4, 0.5) is 11.4 Å². The van der Waals surface area contributed by atoms with E-state index in [9.17, 15) is 4.79 Å². The van der Waals surface area contributed by atoms with Crippen molar-refractivity contribution in [3.05, 3.63) is 66.4 Å². The molecule has 1 N–H and O–H groups in total. The lowest BCUT2D eigenvalue weighted by Crippen LogP contribution is -2.18. The summed E-state index contributed by atoms with van der Waals surface area (Å²) in [5.41, 5.74) is 3.57. The zero-order chi connectivity index (χ0) is 16.4. The minimum atomic E-state index is -0.0915. The molecule has 24 heavy (non-hydrogen) atoms. The molecule has 1 aliphatic heterocycles. The largest absolute Gasteiger partial charge is 0.372 e. The third-order valence-electron chi connectivity index (χ3n) is 4.46. The van der Waals surface area contributed by atoms with Gasteiger partial charge in [-0.2, -0.15) is 0 Å². The van der Waals surface area contributed by atoms with Gasteiger partial charge in [-0.25, -0.2) is 0 Å². The predicted octanol–water partition coefficient (Wildman–Crippen LogP) is 4.09. The second kappa shape index (κ2) is 6.32. The number of pyridine rings is 1. The first-order valence-corrected chi connectivity index (χ1v) is 8.31. The van der Waals surface area contributed by atoms with Crippen LogP contribution < -0.4 is 10.2 Å². The highest BCUT2D eigenvalue weighted by atomic mass is 16.1. The van der Waals surface area contributed by atoms with Gasteiger partial charge in [0.05, 0.1) is 5.52 Å². The third kappa shape index (κ3) is 2.95. The molecular weight excluding hydrogens is 298 g/mol. The molecule has 0 spiro atoms. The second-order valence-electron chi connectivity index (χ2n) is 6.11. The summed E-state index contributed by atoms with van der Waals surface area (Å²) >= 11 is 0. The van der Waals surface area contributed by atoms with Crippen LogP contribution in [0.15, 0.2) is 60.8 Å². The van der Waals surface area contributed by atoms with Crippen LogP contribution in [0.3, 0.4) is 0 Å². The zero-order valence-electron chi connectivity index (χ0n) is 13.4. The highest BCUT2D eigenvalue weighted by molar-refractivity contribution is 6.05. The van der Waals surface area contributed by atoms with E-state index in [1.54, 1.807) is 6.20 Å². The Morgan fingerprint density at radius 2 is 1.79 bits per heavy atom. The molecule has 4 rings (SSSR count). The van der Waals surface area contributed by atoms with Crippen molar-refractivity contribution >= 4 is 28.2 Å². The molecule has 3 aromatic rings. The van der Waals surface area contributed by atoms with Crippen LogP contribution in [0.5, 0.6) is 0 Å². The van der Waals surface area contributed by atoms with Gasteiger partial charge in [-0.1, -0.05) is 6.07 Å². The molecule has 1 aromatic heterocycles. The number of benzene rings is 2. The first-order chi connectivity index (χ1) is 11.8. The van der Waals surface area contributed by atoms with Gasteiger partial charge in [0.2, 0.25) is 0 Å². The van der Waals surface area contributed by atoms with Crippen LogP contribution in [0, 0.1) is 0 Å². The molecule has 4 heteroatoms. The number of nitrogens with zero attached hydrogens (tertiary/aromatic N) is 2. The number of hydrogen-bond donors (Lipinski definition) is 1. The first-order valence-electron chi connectivity index (χ1n) is 8.31. The highest BCUT2D eigenvalue weighted by Crippen LogP contribution is 2.21. The van der Waals surface area contributed by atoms with E-state index >= 15 is 0 Å². The molecule has 1 amide bonds. The minimum absolute atomic E-state index is 0.0915. The molecule has 0 aliphatic carbocycles. The van der Waals surface area contributed by atoms with Crippen LogP contribution in [-0.4, -0.2) is 24.0 Å². The van der Waals surface area contributed by atoms with Crippen molar-refractivity contribution in [2.75, 3.05) is 23.3 Å². The van der Waals surface area contributed by atoms with Gasteiger partial charge in [0.15, 0.2) is 0 Å². The van der Waals surface area contributed by atoms with Crippen LogP contribution in [-0.2, 0) is 0 Å². The van der Waals surface area contributed by atoms with Gasteiger partial charge in [0.1, 0.15) is 0 Å². The predicted molar refractivity (Wildman–Crippen MR) is 97.6 cm³/mol. The summed E-state index contributed by atoms with van der Waals surface area (Å²) in [6.07, 6.45) is 4.26. The molecular formula is C20H19N3O. The van der Waals surface area contributed by atoms with Gasteiger partial charge >= 0.3 is 0 Å². The van der Waals surface area contributed by atoms with E-state index in [2.05, 4.69) is 15.2 Å². The summed E-state index contributed by atoms with van der Waals surface area (Å²) in [5.74, 6) is -0.0915. The van der Waals surface area contributed by atoms with E-state index in [0.29, 0.717) is 5.56 Å². The summed E-state index contributed by atoms with van der Waals surface area (Å²) in [6, 6.07) is 17.5. The number of carbonyl (C=O) groups excluding carboxylic acids is 1. The Morgan fingerprint density at radius 1 is 1.00 bits per heavy atom. The van der Waals surface area contributed by atoms with Crippen molar-refractivity contribution in [1.29, 1.82) is 0 Å². The maximum atomic E-state index is 12.4. The van der Waals surface area contributed by atoms with Gasteiger partial charge in [0.25, 0.3) is 5.91 Å². The molecule has 1 aliphatic rings. The number of nitrogens with one attached hydrogen (secondary N) is 1. The monoisotopic (exact) mass is 317 g/mol. The molecule has 0 saturated carbocycles. The summed E-state index contributed by atoms with van der Waals surface area (Å²) in [7, 11) is 0. The third-order valence-corrected chi connectivity index (χ3v) is 4.46. The quantitative estimate of drug-likeness (QED) is 0.791. The maximum absolute atomic E-state index is 12.4. The Labute approximate surface area is 141 Å². The highest BCUT2D eigenvalue weighted by Gasteiger charge is 2.13. The zero-order valence-corrected chi connectivity index (χ0v) is 13.4. The summed E-state index contributed by atoms with van der Waals surface area (Å²) < 4.78 is 0. The van der Waals surface area contributed by atoms with Gasteiger partial charge in [-0.15, -0.1) is 0 Å². The molecule has 0 atom stereocenters. The lowest BCUT2D eigenvalue weighted by atomic mass is 10.1. The summed E-state index contributed by atoms with van der Waals surface area (Å²) in [6.45, 7) is 2.22. The van der Waals surface area contributed by atoms with E-state index in [0.717, 1.165) is 29.7 Å². The van der Waals surface area contributed by atoms with E-state index in [1.807, 2.05) is 54.6 Å². The van der Waals surface area contributed by atoms with Crippen molar-refractivity contribution in [2.45, 2.75) is 12.8 Å². The smallest absolute Gasteiger partial charge is 0.255 e. The Bertz CT molecular complexity index is 867. The number of amides is 1. The molecule has 120 valence electrons. The van der Waals surface area contributed by atoms with Crippen molar-refractivity contribution in [3.8, 4) is 0 Å². The van der Waals surface area contributed by atoms with Crippen molar-refractivity contribution in [2.24, 2.45) is 0 Å². The standard InChI is InChI=1S/C20H19N3O/c24-20(15-5-8-18(9-6-15)23-12-1-2-13-23)22-17-7-10-19-16(14-17)4-3-11-21-19/h3-11,14H,1-2,12-13H2,(H,22,24). The van der Waals surface area contributed by atoms with Gasteiger partial charge in [0, 0.05) is 41.6 Å². The number of fused-ring (bicyclic) bond motifs is 1. The molecule has 1 fully saturated rings. The molecule has 1 saturated heterocycles. The maximum Gasteiger partial charge on any atom is 0.255 e. The lowest BCUT2D eigenvalue weighted by molar-refractivity contribution is 0.102. The normalized spacial score (nSPS) is 14.1. The number of rotatable bonds is 3. The fourth-order valence-corrected chi connectivity index (χ4v) is 3.16. The Hall–Kier alpha value is -2.88. The van der Waals surface area contributed by atoms with Crippen molar-refractivity contribution < 1.29 is 4.79 Å². The first kappa shape index (κ1) is 14.7. The van der Waals surface area contributed by atoms with Gasteiger partial charge in [-0.3, -0.25) is 9.78 Å². The van der Waals surface area contributed by atoms with Crippen LogP contribution in [0.2, 0.25) is 0 Å². The summed E-state index contributed by atoms with van der Waals surface area (Å²) in [4.78, 5) is 19.1. The van der Waals surface area contributed by atoms with Crippen molar-refractivity contribution in [1.82, 2.24) is 4.98 Å². The minimum Gasteiger partial charge on any atom is -0.372 e. The molecule has 0 radical (unpaired) electrons. The lowest BCUT2D eigenvalue weighted by Gasteiger charge is -2.17. The van der Waals surface area contributed by atoms with Crippen LogP contribution >= 0.6 is 0 Å². The Kier molecular flexibility index (Phi) is 3.87. The van der Waals surface area contributed by atoms with Crippen molar-refractivity contribution in [3.63, 3.8) is 0 Å².